The molecule has 1 aliphatic heterocycles. The zero-order valence-corrected chi connectivity index (χ0v) is 12.5. The van der Waals surface area contributed by atoms with E-state index in [4.69, 9.17) is 6.42 Å². The van der Waals surface area contributed by atoms with Crippen molar-refractivity contribution in [3.8, 4) is 12.3 Å². The molecule has 21 heavy (non-hydrogen) atoms. The SMILES string of the molecule is C#CCNC(=NCc1ccc(N2CC=CC2)cc1)NCC. The van der Waals surface area contributed by atoms with Gasteiger partial charge in [0.2, 0.25) is 0 Å². The average molecular weight is 282 g/mol. The summed E-state index contributed by atoms with van der Waals surface area (Å²) in [5, 5.41) is 6.25. The van der Waals surface area contributed by atoms with Crippen LogP contribution in [0.25, 0.3) is 0 Å². The molecule has 0 bridgehead atoms. The van der Waals surface area contributed by atoms with E-state index in [2.05, 4.69) is 62.9 Å². The fraction of sp³-hybridized carbons (Fsp3) is 0.353. The fourth-order valence-electron chi connectivity index (χ4n) is 2.15. The van der Waals surface area contributed by atoms with Gasteiger partial charge < -0.3 is 15.5 Å². The quantitative estimate of drug-likeness (QED) is 0.374. The van der Waals surface area contributed by atoms with Gasteiger partial charge in [0.05, 0.1) is 13.1 Å². The van der Waals surface area contributed by atoms with Crippen molar-refractivity contribution in [2.75, 3.05) is 31.1 Å². The van der Waals surface area contributed by atoms with Crippen LogP contribution in [0, 0.1) is 12.3 Å². The van der Waals surface area contributed by atoms with Crippen LogP contribution in [-0.2, 0) is 6.54 Å². The molecule has 0 unspecified atom stereocenters. The van der Waals surface area contributed by atoms with Crippen LogP contribution < -0.4 is 15.5 Å². The Hall–Kier alpha value is -2.41. The number of aliphatic imine (C=N–C) groups is 1. The molecular formula is C17H22N4. The molecule has 1 heterocycles. The van der Waals surface area contributed by atoms with Crippen molar-refractivity contribution in [1.29, 1.82) is 0 Å². The highest BCUT2D eigenvalue weighted by Gasteiger charge is 2.06. The van der Waals surface area contributed by atoms with E-state index in [-0.39, 0.29) is 0 Å². The van der Waals surface area contributed by atoms with Gasteiger partial charge in [-0.2, -0.15) is 0 Å². The molecule has 0 saturated heterocycles. The number of nitrogens with one attached hydrogen (secondary N) is 2. The third-order valence-corrected chi connectivity index (χ3v) is 3.24. The Morgan fingerprint density at radius 3 is 2.57 bits per heavy atom. The van der Waals surface area contributed by atoms with Gasteiger partial charge in [0, 0.05) is 25.3 Å². The van der Waals surface area contributed by atoms with Crippen molar-refractivity contribution in [1.82, 2.24) is 10.6 Å². The molecule has 2 N–H and O–H groups in total. The maximum atomic E-state index is 5.25. The summed E-state index contributed by atoms with van der Waals surface area (Å²) in [4.78, 5) is 6.85. The van der Waals surface area contributed by atoms with E-state index >= 15 is 0 Å². The van der Waals surface area contributed by atoms with Crippen molar-refractivity contribution in [2.45, 2.75) is 13.5 Å². The lowest BCUT2D eigenvalue weighted by atomic mass is 10.2. The predicted octanol–water partition coefficient (Wildman–Crippen LogP) is 1.75. The van der Waals surface area contributed by atoms with E-state index in [9.17, 15) is 0 Å². The number of hydrogen-bond acceptors (Lipinski definition) is 2. The maximum absolute atomic E-state index is 5.25. The molecule has 0 spiro atoms. The standard InChI is InChI=1S/C17H22N4/c1-3-11-19-17(18-4-2)20-14-15-7-9-16(10-8-15)21-12-5-6-13-21/h1,5-10H,4,11-14H2,2H3,(H2,18,19,20). The van der Waals surface area contributed by atoms with Gasteiger partial charge >= 0.3 is 0 Å². The van der Waals surface area contributed by atoms with Crippen molar-refractivity contribution >= 4 is 11.6 Å². The van der Waals surface area contributed by atoms with Crippen LogP contribution in [-0.4, -0.2) is 32.1 Å². The lowest BCUT2D eigenvalue weighted by Crippen LogP contribution is -2.37. The zero-order chi connectivity index (χ0) is 14.9. The minimum Gasteiger partial charge on any atom is -0.364 e. The first kappa shape index (κ1) is 15.0. The third kappa shape index (κ3) is 4.57. The average Bonchev–Trinajstić information content (AvgIpc) is 3.05. The predicted molar refractivity (Wildman–Crippen MR) is 89.4 cm³/mol. The van der Waals surface area contributed by atoms with Gasteiger partial charge in [-0.15, -0.1) is 6.42 Å². The summed E-state index contributed by atoms with van der Waals surface area (Å²) < 4.78 is 0. The van der Waals surface area contributed by atoms with E-state index in [1.54, 1.807) is 0 Å². The van der Waals surface area contributed by atoms with Gasteiger partial charge in [-0.05, 0) is 24.6 Å². The van der Waals surface area contributed by atoms with Crippen LogP contribution in [0.3, 0.4) is 0 Å². The van der Waals surface area contributed by atoms with Gasteiger partial charge in [-0.1, -0.05) is 30.2 Å². The molecule has 1 aromatic rings. The smallest absolute Gasteiger partial charge is 0.192 e. The summed E-state index contributed by atoms with van der Waals surface area (Å²) in [6.07, 6.45) is 9.64. The highest BCUT2D eigenvalue weighted by atomic mass is 15.2. The monoisotopic (exact) mass is 282 g/mol. The van der Waals surface area contributed by atoms with Crippen LogP contribution in [0.2, 0.25) is 0 Å². The summed E-state index contributed by atoms with van der Waals surface area (Å²) in [7, 11) is 0. The number of benzene rings is 1. The molecule has 0 aliphatic carbocycles. The van der Waals surface area contributed by atoms with Gasteiger partial charge in [0.25, 0.3) is 0 Å². The number of anilines is 1. The molecular weight excluding hydrogens is 260 g/mol. The van der Waals surface area contributed by atoms with Gasteiger partial charge in [0.1, 0.15) is 0 Å². The van der Waals surface area contributed by atoms with Crippen LogP contribution in [0.5, 0.6) is 0 Å². The lowest BCUT2D eigenvalue weighted by molar-refractivity contribution is 0.865. The molecule has 0 saturated carbocycles. The molecule has 1 aliphatic rings. The van der Waals surface area contributed by atoms with Crippen LogP contribution in [0.1, 0.15) is 12.5 Å². The molecule has 0 aromatic heterocycles. The third-order valence-electron chi connectivity index (χ3n) is 3.24. The summed E-state index contributed by atoms with van der Waals surface area (Å²) in [5.74, 6) is 3.30. The normalized spacial score (nSPS) is 14.1. The first-order valence-electron chi connectivity index (χ1n) is 7.28. The van der Waals surface area contributed by atoms with E-state index in [1.807, 2.05) is 6.92 Å². The molecule has 0 fully saturated rings. The number of rotatable bonds is 5. The van der Waals surface area contributed by atoms with Gasteiger partial charge in [0.15, 0.2) is 5.96 Å². The van der Waals surface area contributed by atoms with Crippen molar-refractivity contribution in [2.24, 2.45) is 4.99 Å². The highest BCUT2D eigenvalue weighted by Crippen LogP contribution is 2.17. The first-order chi connectivity index (χ1) is 10.3. The minimum absolute atomic E-state index is 0.479. The summed E-state index contributed by atoms with van der Waals surface area (Å²) in [6.45, 7) is 5.96. The molecule has 0 radical (unpaired) electrons. The molecule has 1 aromatic carbocycles. The second kappa shape index (κ2) is 8.01. The van der Waals surface area contributed by atoms with Crippen molar-refractivity contribution in [3.63, 3.8) is 0 Å². The zero-order valence-electron chi connectivity index (χ0n) is 12.5. The second-order valence-corrected chi connectivity index (χ2v) is 4.80. The van der Waals surface area contributed by atoms with Crippen LogP contribution in [0.15, 0.2) is 41.4 Å². The number of nitrogens with zero attached hydrogens (tertiary/aromatic N) is 2. The van der Waals surface area contributed by atoms with E-state index in [0.29, 0.717) is 13.1 Å². The van der Waals surface area contributed by atoms with Crippen LogP contribution >= 0.6 is 0 Å². The Morgan fingerprint density at radius 1 is 1.24 bits per heavy atom. The minimum atomic E-state index is 0.479. The Bertz CT molecular complexity index is 529. The molecule has 2 rings (SSSR count). The van der Waals surface area contributed by atoms with Crippen molar-refractivity contribution in [3.05, 3.63) is 42.0 Å². The molecule has 0 atom stereocenters. The largest absolute Gasteiger partial charge is 0.364 e. The Kier molecular flexibility index (Phi) is 5.71. The fourth-order valence-corrected chi connectivity index (χ4v) is 2.15. The maximum Gasteiger partial charge on any atom is 0.192 e. The van der Waals surface area contributed by atoms with Crippen molar-refractivity contribution < 1.29 is 0 Å². The van der Waals surface area contributed by atoms with E-state index in [1.165, 1.54) is 11.3 Å². The molecule has 110 valence electrons. The number of hydrogen-bond donors (Lipinski definition) is 2. The second-order valence-electron chi connectivity index (χ2n) is 4.80. The van der Waals surface area contributed by atoms with Crippen LogP contribution in [0.4, 0.5) is 5.69 Å². The van der Waals surface area contributed by atoms with Gasteiger partial charge in [-0.25, -0.2) is 4.99 Å². The number of terminal acetylenes is 1. The van der Waals surface area contributed by atoms with E-state index in [0.717, 1.165) is 25.6 Å². The summed E-state index contributed by atoms with van der Waals surface area (Å²) in [5.41, 5.74) is 2.44. The molecule has 0 amide bonds. The Labute approximate surface area is 127 Å². The van der Waals surface area contributed by atoms with Gasteiger partial charge in [-0.3, -0.25) is 0 Å². The Morgan fingerprint density at radius 2 is 1.95 bits per heavy atom. The Balaban J connectivity index is 1.93. The first-order valence-corrected chi connectivity index (χ1v) is 7.28. The molecule has 4 nitrogen and oxygen atoms in total. The summed E-state index contributed by atoms with van der Waals surface area (Å²) in [6, 6.07) is 8.56. The molecule has 4 heteroatoms. The topological polar surface area (TPSA) is 39.7 Å². The highest BCUT2D eigenvalue weighted by molar-refractivity contribution is 5.80. The summed E-state index contributed by atoms with van der Waals surface area (Å²) >= 11 is 0. The lowest BCUT2D eigenvalue weighted by Gasteiger charge is -2.17. The van der Waals surface area contributed by atoms with E-state index < -0.39 is 0 Å². The number of guanidine groups is 1.